The van der Waals surface area contributed by atoms with Gasteiger partial charge in [-0.1, -0.05) is 32.3 Å². The molecule has 0 aromatic heterocycles. The Balaban J connectivity index is 2.82. The number of aryl methyl sites for hydroxylation is 1. The first-order valence-electron chi connectivity index (χ1n) is 7.21. The summed E-state index contributed by atoms with van der Waals surface area (Å²) < 4.78 is 26.0. The maximum absolute atomic E-state index is 11.8. The number of nitrogens with one attached hydrogen (secondary N) is 2. The number of anilines is 1. The number of rotatable bonds is 8. The minimum absolute atomic E-state index is 0.300. The molecule has 0 aliphatic heterocycles. The topological polar surface area (TPSA) is 58.2 Å². The van der Waals surface area contributed by atoms with Gasteiger partial charge in [-0.05, 0) is 45.0 Å². The standard InChI is InChI=1S/C15H26N2O2S/c1-5-6-7-8-13(3)17-15-11-14(10-9-12(15)2)20(18,19)16-4/h9-11,13,16-17H,5-8H2,1-4H3. The molecule has 2 N–H and O–H groups in total. The number of benzene rings is 1. The van der Waals surface area contributed by atoms with Crippen LogP contribution in [0, 0.1) is 6.92 Å². The van der Waals surface area contributed by atoms with Crippen LogP contribution in [-0.2, 0) is 10.0 Å². The summed E-state index contributed by atoms with van der Waals surface area (Å²) in [6.45, 7) is 6.31. The van der Waals surface area contributed by atoms with Gasteiger partial charge in [-0.25, -0.2) is 13.1 Å². The Morgan fingerprint density at radius 3 is 2.55 bits per heavy atom. The third-order valence-corrected chi connectivity index (χ3v) is 4.84. The van der Waals surface area contributed by atoms with E-state index in [1.165, 1.54) is 26.3 Å². The zero-order valence-electron chi connectivity index (χ0n) is 12.9. The molecule has 0 aliphatic rings. The largest absolute Gasteiger partial charge is 0.382 e. The Labute approximate surface area is 123 Å². The molecule has 0 amide bonds. The van der Waals surface area contributed by atoms with Gasteiger partial charge in [0.05, 0.1) is 4.90 Å². The average molecular weight is 298 g/mol. The van der Waals surface area contributed by atoms with E-state index >= 15 is 0 Å². The van der Waals surface area contributed by atoms with Crippen LogP contribution in [-0.4, -0.2) is 21.5 Å². The van der Waals surface area contributed by atoms with Crippen LogP contribution in [0.5, 0.6) is 0 Å². The molecule has 0 saturated carbocycles. The molecule has 0 aliphatic carbocycles. The quantitative estimate of drug-likeness (QED) is 0.724. The van der Waals surface area contributed by atoms with Crippen molar-refractivity contribution in [2.45, 2.75) is 57.4 Å². The molecule has 0 saturated heterocycles. The van der Waals surface area contributed by atoms with Gasteiger partial charge in [0.2, 0.25) is 10.0 Å². The van der Waals surface area contributed by atoms with Crippen LogP contribution < -0.4 is 10.0 Å². The molecule has 5 heteroatoms. The average Bonchev–Trinajstić information content (AvgIpc) is 2.41. The van der Waals surface area contributed by atoms with Gasteiger partial charge in [0, 0.05) is 11.7 Å². The van der Waals surface area contributed by atoms with E-state index in [-0.39, 0.29) is 0 Å². The minimum Gasteiger partial charge on any atom is -0.382 e. The van der Waals surface area contributed by atoms with Crippen molar-refractivity contribution in [2.24, 2.45) is 0 Å². The van der Waals surface area contributed by atoms with Crippen molar-refractivity contribution in [1.29, 1.82) is 0 Å². The summed E-state index contributed by atoms with van der Waals surface area (Å²) >= 11 is 0. The summed E-state index contributed by atoms with van der Waals surface area (Å²) in [7, 11) is -1.96. The highest BCUT2D eigenvalue weighted by Gasteiger charge is 2.13. The second-order valence-electron chi connectivity index (χ2n) is 5.23. The Morgan fingerprint density at radius 1 is 1.25 bits per heavy atom. The van der Waals surface area contributed by atoms with Gasteiger partial charge in [-0.3, -0.25) is 0 Å². The summed E-state index contributed by atoms with van der Waals surface area (Å²) in [4.78, 5) is 0.300. The lowest BCUT2D eigenvalue weighted by Gasteiger charge is -2.18. The molecular formula is C15H26N2O2S. The van der Waals surface area contributed by atoms with Crippen molar-refractivity contribution in [3.63, 3.8) is 0 Å². The van der Waals surface area contributed by atoms with Gasteiger partial charge < -0.3 is 5.32 Å². The van der Waals surface area contributed by atoms with Crippen LogP contribution in [0.3, 0.4) is 0 Å². The molecule has 1 unspecified atom stereocenters. The van der Waals surface area contributed by atoms with Gasteiger partial charge in [-0.2, -0.15) is 0 Å². The van der Waals surface area contributed by atoms with E-state index < -0.39 is 10.0 Å². The van der Waals surface area contributed by atoms with Crippen molar-refractivity contribution in [2.75, 3.05) is 12.4 Å². The summed E-state index contributed by atoms with van der Waals surface area (Å²) in [5.74, 6) is 0. The number of unbranched alkanes of at least 4 members (excludes halogenated alkanes) is 2. The van der Waals surface area contributed by atoms with Crippen molar-refractivity contribution in [3.05, 3.63) is 23.8 Å². The van der Waals surface area contributed by atoms with E-state index in [9.17, 15) is 8.42 Å². The molecule has 1 atom stereocenters. The summed E-state index contributed by atoms with van der Waals surface area (Å²) in [5, 5.41) is 3.41. The molecule has 1 rings (SSSR count). The molecule has 4 nitrogen and oxygen atoms in total. The van der Waals surface area contributed by atoms with Crippen LogP contribution in [0.15, 0.2) is 23.1 Å². The summed E-state index contributed by atoms with van der Waals surface area (Å²) in [6.07, 6.45) is 4.73. The highest BCUT2D eigenvalue weighted by Crippen LogP contribution is 2.21. The first-order chi connectivity index (χ1) is 9.40. The third-order valence-electron chi connectivity index (χ3n) is 3.43. The lowest BCUT2D eigenvalue weighted by Crippen LogP contribution is -2.20. The molecule has 0 radical (unpaired) electrons. The third kappa shape index (κ3) is 4.80. The van der Waals surface area contributed by atoms with Crippen LogP contribution in [0.4, 0.5) is 5.69 Å². The summed E-state index contributed by atoms with van der Waals surface area (Å²) in [5.41, 5.74) is 1.95. The maximum atomic E-state index is 11.8. The molecule has 20 heavy (non-hydrogen) atoms. The van der Waals surface area contributed by atoms with Crippen molar-refractivity contribution >= 4 is 15.7 Å². The molecule has 0 fully saturated rings. The molecule has 1 aromatic rings. The Hall–Kier alpha value is -1.07. The Bertz CT molecular complexity index is 527. The van der Waals surface area contributed by atoms with Gasteiger partial charge in [0.15, 0.2) is 0 Å². The fraction of sp³-hybridized carbons (Fsp3) is 0.600. The van der Waals surface area contributed by atoms with Crippen LogP contribution in [0.25, 0.3) is 0 Å². The van der Waals surface area contributed by atoms with Crippen LogP contribution in [0.2, 0.25) is 0 Å². The second kappa shape index (κ2) is 7.64. The predicted molar refractivity (Wildman–Crippen MR) is 84.7 cm³/mol. The maximum Gasteiger partial charge on any atom is 0.240 e. The van der Waals surface area contributed by atoms with Gasteiger partial charge in [0.1, 0.15) is 0 Å². The van der Waals surface area contributed by atoms with E-state index in [0.717, 1.165) is 17.7 Å². The van der Waals surface area contributed by atoms with Crippen molar-refractivity contribution in [1.82, 2.24) is 4.72 Å². The Kier molecular flexibility index (Phi) is 6.49. The first-order valence-corrected chi connectivity index (χ1v) is 8.69. The molecule has 0 heterocycles. The molecule has 0 spiro atoms. The number of hydrogen-bond acceptors (Lipinski definition) is 3. The molecule has 114 valence electrons. The van der Waals surface area contributed by atoms with Crippen molar-refractivity contribution in [3.8, 4) is 0 Å². The molecule has 0 bridgehead atoms. The van der Waals surface area contributed by atoms with Gasteiger partial charge >= 0.3 is 0 Å². The van der Waals surface area contributed by atoms with Crippen LogP contribution in [0.1, 0.15) is 45.1 Å². The fourth-order valence-electron chi connectivity index (χ4n) is 2.08. The summed E-state index contributed by atoms with van der Waals surface area (Å²) in [6, 6.07) is 5.52. The van der Waals surface area contributed by atoms with Crippen molar-refractivity contribution < 1.29 is 8.42 Å². The van der Waals surface area contributed by atoms with E-state index in [1.54, 1.807) is 12.1 Å². The highest BCUT2D eigenvalue weighted by molar-refractivity contribution is 7.89. The number of sulfonamides is 1. The minimum atomic E-state index is -3.38. The van der Waals surface area contributed by atoms with E-state index in [0.29, 0.717) is 10.9 Å². The Morgan fingerprint density at radius 2 is 1.95 bits per heavy atom. The smallest absolute Gasteiger partial charge is 0.240 e. The highest BCUT2D eigenvalue weighted by atomic mass is 32.2. The monoisotopic (exact) mass is 298 g/mol. The SMILES string of the molecule is CCCCCC(C)Nc1cc(S(=O)(=O)NC)ccc1C. The fourth-order valence-corrected chi connectivity index (χ4v) is 2.84. The van der Waals surface area contributed by atoms with E-state index in [1.807, 2.05) is 13.0 Å². The van der Waals surface area contributed by atoms with Gasteiger partial charge in [0.25, 0.3) is 0 Å². The number of hydrogen-bond donors (Lipinski definition) is 2. The lowest BCUT2D eigenvalue weighted by molar-refractivity contribution is 0.588. The molecule has 1 aromatic carbocycles. The normalized spacial score (nSPS) is 13.2. The zero-order chi connectivity index (χ0) is 15.2. The first kappa shape index (κ1) is 17.0. The van der Waals surface area contributed by atoms with E-state index in [4.69, 9.17) is 0 Å². The second-order valence-corrected chi connectivity index (χ2v) is 7.11. The predicted octanol–water partition coefficient (Wildman–Crippen LogP) is 3.28. The molecular weight excluding hydrogens is 272 g/mol. The van der Waals surface area contributed by atoms with E-state index in [2.05, 4.69) is 23.9 Å². The van der Waals surface area contributed by atoms with Crippen LogP contribution >= 0.6 is 0 Å². The van der Waals surface area contributed by atoms with Gasteiger partial charge in [-0.15, -0.1) is 0 Å². The lowest BCUT2D eigenvalue weighted by atomic mass is 10.1. The zero-order valence-corrected chi connectivity index (χ0v) is 13.7.